The van der Waals surface area contributed by atoms with Crippen LogP contribution in [0.2, 0.25) is 5.02 Å². The van der Waals surface area contributed by atoms with E-state index in [1.807, 2.05) is 6.07 Å². The lowest BCUT2D eigenvalue weighted by Gasteiger charge is -2.05. The zero-order valence-electron chi connectivity index (χ0n) is 10.6. The van der Waals surface area contributed by atoms with Crippen LogP contribution in [0, 0.1) is 23.0 Å². The Morgan fingerprint density at radius 2 is 1.95 bits per heavy atom. The molecule has 1 aromatic heterocycles. The van der Waals surface area contributed by atoms with Crippen LogP contribution in [0.4, 0.5) is 8.78 Å². The number of hydrogen-bond donors (Lipinski definition) is 0. The molecule has 0 fully saturated rings. The second-order valence-corrected chi connectivity index (χ2v) is 4.88. The van der Waals surface area contributed by atoms with Crippen LogP contribution in [0.25, 0.3) is 22.4 Å². The molecule has 0 saturated heterocycles. The molecule has 0 aliphatic heterocycles. The molecule has 104 valence electrons. The van der Waals surface area contributed by atoms with E-state index in [2.05, 4.69) is 4.98 Å². The average molecular weight is 304 g/mol. The number of benzene rings is 2. The summed E-state index contributed by atoms with van der Waals surface area (Å²) >= 11 is 5.95. The third-order valence-electron chi connectivity index (χ3n) is 3.10. The Kier molecular flexibility index (Phi) is 3.32. The number of rotatable bonds is 2. The molecule has 0 spiro atoms. The van der Waals surface area contributed by atoms with E-state index in [1.165, 1.54) is 4.57 Å². The van der Waals surface area contributed by atoms with Gasteiger partial charge in [-0.05, 0) is 12.1 Å². The fourth-order valence-electron chi connectivity index (χ4n) is 2.20. The highest BCUT2D eigenvalue weighted by molar-refractivity contribution is 6.30. The van der Waals surface area contributed by atoms with Gasteiger partial charge in [0.1, 0.15) is 12.4 Å². The van der Waals surface area contributed by atoms with Crippen LogP contribution >= 0.6 is 11.6 Å². The first-order valence-corrected chi connectivity index (χ1v) is 6.46. The van der Waals surface area contributed by atoms with Crippen molar-refractivity contribution in [3.63, 3.8) is 0 Å². The van der Waals surface area contributed by atoms with Crippen molar-refractivity contribution in [2.75, 3.05) is 0 Å². The van der Waals surface area contributed by atoms with E-state index in [0.717, 1.165) is 12.1 Å². The van der Waals surface area contributed by atoms with Gasteiger partial charge in [0.25, 0.3) is 0 Å². The molecule has 0 atom stereocenters. The maximum Gasteiger partial charge on any atom is 0.161 e. The first-order chi connectivity index (χ1) is 10.1. The first kappa shape index (κ1) is 13.5. The lowest BCUT2D eigenvalue weighted by molar-refractivity contribution is 0.510. The van der Waals surface area contributed by atoms with Crippen LogP contribution in [0.3, 0.4) is 0 Å². The van der Waals surface area contributed by atoms with E-state index in [4.69, 9.17) is 16.9 Å². The fraction of sp³-hybridized carbons (Fsp3) is 0.0667. The molecule has 0 radical (unpaired) electrons. The minimum Gasteiger partial charge on any atom is -0.310 e. The molecule has 0 N–H and O–H groups in total. The summed E-state index contributed by atoms with van der Waals surface area (Å²) in [6, 6.07) is 11.0. The maximum absolute atomic E-state index is 13.4. The van der Waals surface area contributed by atoms with Gasteiger partial charge in [-0.2, -0.15) is 5.26 Å². The summed E-state index contributed by atoms with van der Waals surface area (Å²) in [6.45, 7) is -0.0244. The summed E-state index contributed by atoms with van der Waals surface area (Å²) in [5, 5.41) is 9.47. The molecule has 0 amide bonds. The van der Waals surface area contributed by atoms with Gasteiger partial charge >= 0.3 is 0 Å². The molecule has 3 nitrogen and oxygen atoms in total. The van der Waals surface area contributed by atoms with Crippen molar-refractivity contribution >= 4 is 22.6 Å². The molecule has 3 rings (SSSR count). The summed E-state index contributed by atoms with van der Waals surface area (Å²) in [4.78, 5) is 4.29. The van der Waals surface area contributed by atoms with E-state index in [9.17, 15) is 8.78 Å². The van der Waals surface area contributed by atoms with Crippen molar-refractivity contribution in [2.45, 2.75) is 6.54 Å². The topological polar surface area (TPSA) is 41.6 Å². The van der Waals surface area contributed by atoms with Crippen molar-refractivity contribution in [1.29, 1.82) is 5.26 Å². The highest BCUT2D eigenvalue weighted by Gasteiger charge is 2.15. The zero-order valence-corrected chi connectivity index (χ0v) is 11.4. The molecule has 6 heteroatoms. The molecule has 0 bridgehead atoms. The van der Waals surface area contributed by atoms with E-state index < -0.39 is 11.6 Å². The second kappa shape index (κ2) is 5.15. The monoisotopic (exact) mass is 303 g/mol. The minimum atomic E-state index is -0.973. The number of halogens is 3. The Morgan fingerprint density at radius 3 is 2.67 bits per heavy atom. The van der Waals surface area contributed by atoms with Gasteiger partial charge in [0.2, 0.25) is 0 Å². The predicted octanol–water partition coefficient (Wildman–Crippen LogP) is 4.16. The average Bonchev–Trinajstić information content (AvgIpc) is 2.78. The van der Waals surface area contributed by atoms with Crippen LogP contribution in [-0.2, 0) is 6.54 Å². The first-order valence-electron chi connectivity index (χ1n) is 6.08. The summed E-state index contributed by atoms with van der Waals surface area (Å²) in [6.07, 6.45) is 0. The smallest absolute Gasteiger partial charge is 0.161 e. The maximum atomic E-state index is 13.4. The Balaban J connectivity index is 2.32. The number of aromatic nitrogens is 2. The number of nitriles is 1. The minimum absolute atomic E-state index is 0.0244. The van der Waals surface area contributed by atoms with Gasteiger partial charge in [-0.15, -0.1) is 0 Å². The Morgan fingerprint density at radius 1 is 1.19 bits per heavy atom. The second-order valence-electron chi connectivity index (χ2n) is 4.45. The van der Waals surface area contributed by atoms with Gasteiger partial charge in [0.15, 0.2) is 11.6 Å². The van der Waals surface area contributed by atoms with Crippen molar-refractivity contribution < 1.29 is 8.78 Å². The van der Waals surface area contributed by atoms with Crippen molar-refractivity contribution in [1.82, 2.24) is 9.55 Å². The molecule has 1 heterocycles. The van der Waals surface area contributed by atoms with E-state index in [-0.39, 0.29) is 6.54 Å². The molecule has 0 unspecified atom stereocenters. The lowest BCUT2D eigenvalue weighted by Crippen LogP contribution is -1.99. The van der Waals surface area contributed by atoms with Crippen molar-refractivity contribution in [3.05, 3.63) is 53.1 Å². The number of fused-ring (bicyclic) bond motifs is 1. The normalized spacial score (nSPS) is 10.8. The van der Waals surface area contributed by atoms with E-state index in [0.29, 0.717) is 27.4 Å². The van der Waals surface area contributed by atoms with Gasteiger partial charge in [-0.3, -0.25) is 0 Å². The lowest BCUT2D eigenvalue weighted by atomic mass is 10.2. The molecule has 3 aromatic rings. The van der Waals surface area contributed by atoms with Crippen LogP contribution in [-0.4, -0.2) is 9.55 Å². The number of imidazole rings is 1. The molecule has 0 saturated carbocycles. The van der Waals surface area contributed by atoms with Crippen LogP contribution in [0.1, 0.15) is 0 Å². The third-order valence-corrected chi connectivity index (χ3v) is 3.34. The summed E-state index contributed by atoms with van der Waals surface area (Å²) < 4.78 is 28.3. The number of nitrogens with zero attached hydrogens (tertiary/aromatic N) is 3. The molecular weight excluding hydrogens is 296 g/mol. The van der Waals surface area contributed by atoms with Gasteiger partial charge in [-0.1, -0.05) is 23.7 Å². The Labute approximate surface area is 124 Å². The number of hydrogen-bond acceptors (Lipinski definition) is 2. The zero-order chi connectivity index (χ0) is 15.0. The van der Waals surface area contributed by atoms with Gasteiger partial charge in [0, 0.05) is 22.7 Å². The standard InChI is InChI=1S/C15H8ClF2N3/c16-10-3-1-2-9(6-10)15-20-13-7-11(17)12(18)8-14(13)21(15)5-4-19/h1-3,6-8H,5H2. The Hall–Kier alpha value is -2.45. The summed E-state index contributed by atoms with van der Waals surface area (Å²) in [5.74, 6) is -1.50. The third kappa shape index (κ3) is 2.34. The highest BCUT2D eigenvalue weighted by Crippen LogP contribution is 2.27. The van der Waals surface area contributed by atoms with Gasteiger partial charge in [-0.25, -0.2) is 13.8 Å². The van der Waals surface area contributed by atoms with E-state index >= 15 is 0 Å². The van der Waals surface area contributed by atoms with Crippen molar-refractivity contribution in [2.24, 2.45) is 0 Å². The Bertz CT molecular complexity index is 880. The van der Waals surface area contributed by atoms with Gasteiger partial charge in [0.05, 0.1) is 17.1 Å². The predicted molar refractivity (Wildman–Crippen MR) is 75.7 cm³/mol. The summed E-state index contributed by atoms with van der Waals surface area (Å²) in [5.41, 5.74) is 1.33. The molecule has 0 aliphatic carbocycles. The quantitative estimate of drug-likeness (QED) is 0.713. The molecule has 21 heavy (non-hydrogen) atoms. The largest absolute Gasteiger partial charge is 0.310 e. The fourth-order valence-corrected chi connectivity index (χ4v) is 2.39. The SMILES string of the molecule is N#CCn1c(-c2cccc(Cl)c2)nc2cc(F)c(F)cc21. The van der Waals surface area contributed by atoms with Crippen LogP contribution in [0.5, 0.6) is 0 Å². The van der Waals surface area contributed by atoms with E-state index in [1.54, 1.807) is 24.3 Å². The summed E-state index contributed by atoms with van der Waals surface area (Å²) in [7, 11) is 0. The molecule has 0 aliphatic rings. The molecule has 2 aromatic carbocycles. The van der Waals surface area contributed by atoms with Crippen molar-refractivity contribution in [3.8, 4) is 17.5 Å². The van der Waals surface area contributed by atoms with Gasteiger partial charge < -0.3 is 4.57 Å². The molecular formula is C15H8ClF2N3. The van der Waals surface area contributed by atoms with Crippen LogP contribution < -0.4 is 0 Å². The van der Waals surface area contributed by atoms with Crippen LogP contribution in [0.15, 0.2) is 36.4 Å². The highest BCUT2D eigenvalue weighted by atomic mass is 35.5.